The molecule has 1 saturated carbocycles. The fraction of sp³-hybridized carbons (Fsp3) is 0.833. The zero-order chi connectivity index (χ0) is 14.6. The van der Waals surface area contributed by atoms with E-state index in [1.54, 1.807) is 0 Å². The molecule has 3 atom stereocenters. The molecule has 0 aromatic carbocycles. The third-order valence-electron chi connectivity index (χ3n) is 3.75. The van der Waals surface area contributed by atoms with E-state index < -0.39 is 49.1 Å². The minimum absolute atomic E-state index is 0.128. The number of rotatable bonds is 6. The first-order valence-corrected chi connectivity index (χ1v) is 6.26. The number of amides is 1. The Balaban J connectivity index is 2.79. The number of hydrogen-bond donors (Lipinski definition) is 5. The molecule has 0 aromatic rings. The number of carbonyl (C=O) groups is 2. The van der Waals surface area contributed by atoms with Crippen molar-refractivity contribution in [3.05, 3.63) is 0 Å². The molecule has 19 heavy (non-hydrogen) atoms. The Morgan fingerprint density at radius 1 is 1.11 bits per heavy atom. The van der Waals surface area contributed by atoms with Gasteiger partial charge in [-0.05, 0) is 18.8 Å². The number of carbonyl (C=O) groups excluding carboxylic acids is 1. The quantitative estimate of drug-likeness (QED) is 0.404. The van der Waals surface area contributed by atoms with E-state index in [-0.39, 0.29) is 5.92 Å². The number of nitrogens with one attached hydrogen (secondary N) is 1. The molecule has 0 bridgehead atoms. The third-order valence-corrected chi connectivity index (χ3v) is 3.75. The summed E-state index contributed by atoms with van der Waals surface area (Å²) < 4.78 is 0. The summed E-state index contributed by atoms with van der Waals surface area (Å²) in [6.45, 7) is 0.0177. The zero-order valence-corrected chi connectivity index (χ0v) is 10.9. The van der Waals surface area contributed by atoms with Crippen LogP contribution < -0.4 is 5.32 Å². The minimum atomic E-state index is -1.51. The van der Waals surface area contributed by atoms with Crippen LogP contribution in [0.25, 0.3) is 0 Å². The molecule has 1 aliphatic rings. The highest BCUT2D eigenvalue weighted by atomic mass is 16.4. The van der Waals surface area contributed by atoms with E-state index in [1.165, 1.54) is 0 Å². The first-order valence-electron chi connectivity index (χ1n) is 6.26. The Bertz CT molecular complexity index is 333. The number of aliphatic hydroxyl groups is 3. The van der Waals surface area contributed by atoms with Crippen LogP contribution in [0, 0.1) is 17.8 Å². The molecule has 1 fully saturated rings. The lowest BCUT2D eigenvalue weighted by Crippen LogP contribution is -2.58. The minimum Gasteiger partial charge on any atom is -0.481 e. The van der Waals surface area contributed by atoms with E-state index in [0.717, 1.165) is 0 Å². The van der Waals surface area contributed by atoms with Gasteiger partial charge in [0, 0.05) is 0 Å². The van der Waals surface area contributed by atoms with E-state index in [4.69, 9.17) is 20.4 Å². The van der Waals surface area contributed by atoms with Crippen molar-refractivity contribution in [1.82, 2.24) is 5.32 Å². The molecule has 5 N–H and O–H groups in total. The van der Waals surface area contributed by atoms with Crippen molar-refractivity contribution < 1.29 is 30.0 Å². The number of carboxylic acids is 1. The second-order valence-corrected chi connectivity index (χ2v) is 5.37. The summed E-state index contributed by atoms with van der Waals surface area (Å²) in [5.74, 6) is -2.90. The number of hydrogen-bond acceptors (Lipinski definition) is 5. The summed E-state index contributed by atoms with van der Waals surface area (Å²) in [5, 5.41) is 38.9. The molecule has 110 valence electrons. The Morgan fingerprint density at radius 3 is 2.00 bits per heavy atom. The van der Waals surface area contributed by atoms with Gasteiger partial charge in [0.05, 0.1) is 31.7 Å². The molecule has 1 unspecified atom stereocenters. The van der Waals surface area contributed by atoms with E-state index >= 15 is 0 Å². The van der Waals surface area contributed by atoms with Crippen LogP contribution in [-0.2, 0) is 9.59 Å². The molecule has 0 heterocycles. The van der Waals surface area contributed by atoms with Crippen molar-refractivity contribution in [3.63, 3.8) is 0 Å². The van der Waals surface area contributed by atoms with Gasteiger partial charge in [-0.3, -0.25) is 9.59 Å². The molecule has 0 aromatic heterocycles. The van der Waals surface area contributed by atoms with Gasteiger partial charge in [0.25, 0.3) is 0 Å². The molecule has 0 radical (unpaired) electrons. The van der Waals surface area contributed by atoms with Crippen LogP contribution in [0.3, 0.4) is 0 Å². The van der Waals surface area contributed by atoms with Crippen molar-refractivity contribution in [2.75, 3.05) is 19.8 Å². The average Bonchev–Trinajstić information content (AvgIpc) is 2.78. The standard InChI is InChI=1S/C12H21NO6/c1-7-2-8(9(3-7)11(18)19)10(17)13-12(4-14,5-15)6-16/h7-9,14-16H,2-6H2,1H3,(H,13,17)(H,18,19)/t7?,8-,9+/m0/s1. The Hall–Kier alpha value is -1.18. The largest absolute Gasteiger partial charge is 0.481 e. The van der Waals surface area contributed by atoms with Crippen LogP contribution in [0.1, 0.15) is 19.8 Å². The Morgan fingerprint density at radius 2 is 1.58 bits per heavy atom. The summed E-state index contributed by atoms with van der Waals surface area (Å²) in [4.78, 5) is 23.2. The third kappa shape index (κ3) is 3.43. The van der Waals surface area contributed by atoms with Gasteiger partial charge in [0.2, 0.25) is 5.91 Å². The molecule has 0 saturated heterocycles. The molecular weight excluding hydrogens is 254 g/mol. The lowest BCUT2D eigenvalue weighted by atomic mass is 9.93. The lowest BCUT2D eigenvalue weighted by molar-refractivity contribution is -0.147. The van der Waals surface area contributed by atoms with Crippen LogP contribution in [0.2, 0.25) is 0 Å². The number of aliphatic carboxylic acids is 1. The Kier molecular flexibility index (Phi) is 5.28. The first-order chi connectivity index (χ1) is 8.89. The maximum absolute atomic E-state index is 12.1. The van der Waals surface area contributed by atoms with Gasteiger partial charge >= 0.3 is 5.97 Å². The summed E-state index contributed by atoms with van der Waals surface area (Å²) in [6.07, 6.45) is 0.874. The van der Waals surface area contributed by atoms with Gasteiger partial charge < -0.3 is 25.7 Å². The molecule has 7 heteroatoms. The van der Waals surface area contributed by atoms with Crippen LogP contribution in [0.15, 0.2) is 0 Å². The van der Waals surface area contributed by atoms with Crippen LogP contribution in [0.4, 0.5) is 0 Å². The van der Waals surface area contributed by atoms with Crippen molar-refractivity contribution >= 4 is 11.9 Å². The highest BCUT2D eigenvalue weighted by Gasteiger charge is 2.43. The van der Waals surface area contributed by atoms with Gasteiger partial charge in [-0.15, -0.1) is 0 Å². The SMILES string of the molecule is CC1C[C@H](C(=O)NC(CO)(CO)CO)[C@H](C(=O)O)C1. The highest BCUT2D eigenvalue weighted by molar-refractivity contribution is 5.85. The highest BCUT2D eigenvalue weighted by Crippen LogP contribution is 2.36. The van der Waals surface area contributed by atoms with Gasteiger partial charge in [0.15, 0.2) is 0 Å². The van der Waals surface area contributed by atoms with Gasteiger partial charge in [-0.1, -0.05) is 6.92 Å². The first kappa shape index (κ1) is 15.9. The second-order valence-electron chi connectivity index (χ2n) is 5.37. The van der Waals surface area contributed by atoms with Gasteiger partial charge in [-0.2, -0.15) is 0 Å². The molecular formula is C12H21NO6. The summed E-state index contributed by atoms with van der Waals surface area (Å²) >= 11 is 0. The van der Waals surface area contributed by atoms with Crippen molar-refractivity contribution in [2.45, 2.75) is 25.3 Å². The summed E-state index contributed by atoms with van der Waals surface area (Å²) in [7, 11) is 0. The summed E-state index contributed by atoms with van der Waals surface area (Å²) in [5.41, 5.74) is -1.51. The molecule has 7 nitrogen and oxygen atoms in total. The predicted octanol–water partition coefficient (Wildman–Crippen LogP) is -1.43. The summed E-state index contributed by atoms with van der Waals surface area (Å²) in [6, 6.07) is 0. The molecule has 1 amide bonds. The maximum Gasteiger partial charge on any atom is 0.307 e. The normalized spacial score (nSPS) is 27.3. The fourth-order valence-electron chi connectivity index (χ4n) is 2.48. The van der Waals surface area contributed by atoms with Gasteiger partial charge in [0.1, 0.15) is 5.54 Å². The van der Waals surface area contributed by atoms with Crippen molar-refractivity contribution in [2.24, 2.45) is 17.8 Å². The second kappa shape index (κ2) is 6.31. The predicted molar refractivity (Wildman–Crippen MR) is 65.1 cm³/mol. The lowest BCUT2D eigenvalue weighted by Gasteiger charge is -2.30. The van der Waals surface area contributed by atoms with E-state index in [9.17, 15) is 9.59 Å². The van der Waals surface area contributed by atoms with E-state index in [0.29, 0.717) is 12.8 Å². The van der Waals surface area contributed by atoms with Crippen LogP contribution in [0.5, 0.6) is 0 Å². The van der Waals surface area contributed by atoms with Crippen LogP contribution >= 0.6 is 0 Å². The molecule has 1 aliphatic carbocycles. The number of aliphatic hydroxyl groups excluding tert-OH is 3. The van der Waals surface area contributed by atoms with Crippen molar-refractivity contribution in [1.29, 1.82) is 0 Å². The van der Waals surface area contributed by atoms with E-state index in [2.05, 4.69) is 5.32 Å². The smallest absolute Gasteiger partial charge is 0.307 e. The molecule has 0 spiro atoms. The Labute approximate surface area is 111 Å². The fourth-order valence-corrected chi connectivity index (χ4v) is 2.48. The average molecular weight is 275 g/mol. The number of carboxylic acid groups (broad SMARTS) is 1. The molecule has 1 rings (SSSR count). The van der Waals surface area contributed by atoms with Crippen LogP contribution in [-0.4, -0.2) is 57.7 Å². The molecule has 0 aliphatic heterocycles. The van der Waals surface area contributed by atoms with Crippen molar-refractivity contribution in [3.8, 4) is 0 Å². The topological polar surface area (TPSA) is 127 Å². The zero-order valence-electron chi connectivity index (χ0n) is 10.9. The van der Waals surface area contributed by atoms with Gasteiger partial charge in [-0.25, -0.2) is 0 Å². The monoisotopic (exact) mass is 275 g/mol. The maximum atomic E-state index is 12.1. The van der Waals surface area contributed by atoms with E-state index in [1.807, 2.05) is 6.92 Å².